The van der Waals surface area contributed by atoms with Crippen LogP contribution in [0.4, 0.5) is 11.4 Å². The first-order valence-corrected chi connectivity index (χ1v) is 7.00. The van der Waals surface area contributed by atoms with E-state index in [1.165, 1.54) is 19.4 Å². The summed E-state index contributed by atoms with van der Waals surface area (Å²) in [5, 5.41) is 11.8. The average Bonchev–Trinajstić information content (AvgIpc) is 2.45. The summed E-state index contributed by atoms with van der Waals surface area (Å²) in [6.07, 6.45) is 1.45. The van der Waals surface area contributed by atoms with Gasteiger partial charge in [0.25, 0.3) is 5.69 Å². The zero-order valence-electron chi connectivity index (χ0n) is 11.8. The van der Waals surface area contributed by atoms with E-state index in [0.717, 1.165) is 0 Å². The van der Waals surface area contributed by atoms with Crippen molar-refractivity contribution in [3.05, 3.63) is 61.6 Å². The van der Waals surface area contributed by atoms with Crippen LogP contribution in [0.1, 0.15) is 11.1 Å². The van der Waals surface area contributed by atoms with E-state index < -0.39 is 4.92 Å². The highest BCUT2D eigenvalue weighted by Crippen LogP contribution is 2.33. The maximum absolute atomic E-state index is 11.1. The van der Waals surface area contributed by atoms with E-state index in [1.807, 2.05) is 0 Å². The summed E-state index contributed by atoms with van der Waals surface area (Å²) in [7, 11) is 1.47. The third-order valence-electron chi connectivity index (χ3n) is 2.99. The van der Waals surface area contributed by atoms with Crippen molar-refractivity contribution in [2.75, 3.05) is 7.11 Å². The fourth-order valence-corrected chi connectivity index (χ4v) is 2.57. The highest BCUT2D eigenvalue weighted by atomic mass is 35.5. The van der Waals surface area contributed by atoms with Gasteiger partial charge >= 0.3 is 0 Å². The second kappa shape index (κ2) is 6.77. The molecule has 7 heteroatoms. The molecule has 2 aromatic rings. The van der Waals surface area contributed by atoms with Crippen LogP contribution in [0.25, 0.3) is 0 Å². The minimum atomic E-state index is -0.470. The first kappa shape index (κ1) is 16.3. The van der Waals surface area contributed by atoms with Gasteiger partial charge < -0.3 is 4.74 Å². The summed E-state index contributed by atoms with van der Waals surface area (Å²) in [4.78, 5) is 14.8. The number of para-hydroxylation sites is 1. The van der Waals surface area contributed by atoms with Gasteiger partial charge in [0.15, 0.2) is 0 Å². The van der Waals surface area contributed by atoms with Gasteiger partial charge in [0.2, 0.25) is 0 Å². The number of rotatable bonds is 4. The largest absolute Gasteiger partial charge is 0.495 e. The number of hydrogen-bond donors (Lipinski definition) is 0. The lowest BCUT2D eigenvalue weighted by Crippen LogP contribution is -1.93. The molecule has 22 heavy (non-hydrogen) atoms. The Kier molecular flexibility index (Phi) is 5.00. The Hall–Kier alpha value is -2.11. The molecule has 0 saturated carbocycles. The van der Waals surface area contributed by atoms with Gasteiger partial charge in [-0.25, -0.2) is 4.99 Å². The van der Waals surface area contributed by atoms with Crippen molar-refractivity contribution in [2.24, 2.45) is 4.99 Å². The van der Waals surface area contributed by atoms with E-state index >= 15 is 0 Å². The van der Waals surface area contributed by atoms with Gasteiger partial charge in [-0.1, -0.05) is 35.3 Å². The molecule has 0 spiro atoms. The van der Waals surface area contributed by atoms with E-state index in [2.05, 4.69) is 4.99 Å². The zero-order chi connectivity index (χ0) is 16.3. The number of nitro groups is 1. The van der Waals surface area contributed by atoms with Crippen molar-refractivity contribution in [1.29, 1.82) is 0 Å². The molecule has 0 N–H and O–H groups in total. The second-order valence-electron chi connectivity index (χ2n) is 4.47. The van der Waals surface area contributed by atoms with Crippen molar-refractivity contribution in [3.8, 4) is 5.75 Å². The first-order chi connectivity index (χ1) is 10.4. The van der Waals surface area contributed by atoms with Gasteiger partial charge in [0.05, 0.1) is 17.1 Å². The Balaban J connectivity index is 2.53. The molecule has 0 unspecified atom stereocenters. The number of methoxy groups -OCH3 is 1. The van der Waals surface area contributed by atoms with Crippen LogP contribution < -0.4 is 4.74 Å². The Morgan fingerprint density at radius 2 is 2.05 bits per heavy atom. The monoisotopic (exact) mass is 338 g/mol. The van der Waals surface area contributed by atoms with Crippen molar-refractivity contribution in [1.82, 2.24) is 0 Å². The third-order valence-corrected chi connectivity index (χ3v) is 3.49. The topological polar surface area (TPSA) is 64.7 Å². The van der Waals surface area contributed by atoms with Gasteiger partial charge in [0.1, 0.15) is 11.4 Å². The van der Waals surface area contributed by atoms with Crippen LogP contribution in [0, 0.1) is 17.0 Å². The minimum Gasteiger partial charge on any atom is -0.495 e. The molecule has 0 heterocycles. The lowest BCUT2D eigenvalue weighted by atomic mass is 10.1. The molecule has 0 aliphatic carbocycles. The Labute approximate surface area is 137 Å². The summed E-state index contributed by atoms with van der Waals surface area (Å²) in [6.45, 7) is 1.75. The lowest BCUT2D eigenvalue weighted by Gasteiger charge is -2.07. The van der Waals surface area contributed by atoms with Crippen LogP contribution in [0.5, 0.6) is 5.75 Å². The van der Waals surface area contributed by atoms with Crippen molar-refractivity contribution >= 4 is 40.8 Å². The lowest BCUT2D eigenvalue weighted by molar-refractivity contribution is -0.384. The molecule has 2 aromatic carbocycles. The number of hydrogen-bond acceptors (Lipinski definition) is 4. The van der Waals surface area contributed by atoms with Gasteiger partial charge in [-0.3, -0.25) is 10.1 Å². The number of benzene rings is 2. The molecular formula is C15H12Cl2N2O3. The second-order valence-corrected chi connectivity index (χ2v) is 5.31. The minimum absolute atomic E-state index is 0.0664. The SMILES string of the molecule is COc1c(Cl)cc(Cl)cc1C=Nc1c(C)cccc1[N+](=O)[O-]. The van der Waals surface area contributed by atoms with Crippen LogP contribution in [-0.4, -0.2) is 18.2 Å². The molecule has 0 amide bonds. The van der Waals surface area contributed by atoms with E-state index in [4.69, 9.17) is 27.9 Å². The van der Waals surface area contributed by atoms with Gasteiger partial charge in [-0.05, 0) is 24.6 Å². The zero-order valence-corrected chi connectivity index (χ0v) is 13.4. The molecule has 2 rings (SSSR count). The first-order valence-electron chi connectivity index (χ1n) is 6.25. The molecular weight excluding hydrogens is 327 g/mol. The highest BCUT2D eigenvalue weighted by Gasteiger charge is 2.15. The quantitative estimate of drug-likeness (QED) is 0.449. The highest BCUT2D eigenvalue weighted by molar-refractivity contribution is 6.36. The number of aryl methyl sites for hydroxylation is 1. The molecule has 0 aliphatic heterocycles. The molecule has 0 aliphatic rings. The molecule has 0 saturated heterocycles. The van der Waals surface area contributed by atoms with Crippen molar-refractivity contribution in [2.45, 2.75) is 6.92 Å². The van der Waals surface area contributed by atoms with Crippen LogP contribution in [0.3, 0.4) is 0 Å². The number of nitro benzene ring substituents is 1. The number of aliphatic imine (C=N–C) groups is 1. The predicted octanol–water partition coefficient (Wildman–Crippen LogP) is 4.97. The maximum Gasteiger partial charge on any atom is 0.295 e. The van der Waals surface area contributed by atoms with Crippen molar-refractivity contribution in [3.63, 3.8) is 0 Å². The third kappa shape index (κ3) is 3.37. The van der Waals surface area contributed by atoms with E-state index in [1.54, 1.807) is 31.2 Å². The summed E-state index contributed by atoms with van der Waals surface area (Å²) in [5.74, 6) is 0.408. The number of ether oxygens (including phenoxy) is 1. The normalized spacial score (nSPS) is 10.9. The fourth-order valence-electron chi connectivity index (χ4n) is 1.98. The fraction of sp³-hybridized carbons (Fsp3) is 0.133. The van der Waals surface area contributed by atoms with Crippen molar-refractivity contribution < 1.29 is 9.66 Å². The van der Waals surface area contributed by atoms with Crippen LogP contribution in [-0.2, 0) is 0 Å². The Morgan fingerprint density at radius 3 is 2.68 bits per heavy atom. The maximum atomic E-state index is 11.1. The van der Waals surface area contributed by atoms with E-state index in [0.29, 0.717) is 26.9 Å². The average molecular weight is 339 g/mol. The van der Waals surface area contributed by atoms with Crippen LogP contribution in [0.2, 0.25) is 10.0 Å². The summed E-state index contributed by atoms with van der Waals surface area (Å²) < 4.78 is 5.21. The Morgan fingerprint density at radius 1 is 1.32 bits per heavy atom. The number of nitrogens with zero attached hydrogens (tertiary/aromatic N) is 2. The summed E-state index contributed by atoms with van der Waals surface area (Å²) in [6, 6.07) is 7.95. The molecule has 0 radical (unpaired) electrons. The van der Waals surface area contributed by atoms with Crippen LogP contribution in [0.15, 0.2) is 35.3 Å². The summed E-state index contributed by atoms with van der Waals surface area (Å²) in [5.41, 5.74) is 1.45. The summed E-state index contributed by atoms with van der Waals surface area (Å²) >= 11 is 12.0. The van der Waals surface area contributed by atoms with Gasteiger partial charge in [-0.2, -0.15) is 0 Å². The standard InChI is InChI=1S/C15H12Cl2N2O3/c1-9-4-3-5-13(19(20)21)14(9)18-8-10-6-11(16)7-12(17)15(10)22-2/h3-8H,1-2H3. The molecule has 0 atom stereocenters. The molecule has 0 bridgehead atoms. The molecule has 5 nitrogen and oxygen atoms in total. The number of halogens is 2. The predicted molar refractivity (Wildman–Crippen MR) is 88.1 cm³/mol. The van der Waals surface area contributed by atoms with Crippen LogP contribution >= 0.6 is 23.2 Å². The molecule has 114 valence electrons. The van der Waals surface area contributed by atoms with E-state index in [-0.39, 0.29) is 11.4 Å². The Bertz CT molecular complexity index is 761. The van der Waals surface area contributed by atoms with E-state index in [9.17, 15) is 10.1 Å². The smallest absolute Gasteiger partial charge is 0.295 e. The molecule has 0 fully saturated rings. The van der Waals surface area contributed by atoms with Gasteiger partial charge in [-0.15, -0.1) is 0 Å². The molecule has 0 aromatic heterocycles. The van der Waals surface area contributed by atoms with Gasteiger partial charge in [0, 0.05) is 22.9 Å².